The zero-order valence-electron chi connectivity index (χ0n) is 15.8. The van der Waals surface area contributed by atoms with Crippen LogP contribution in [0.2, 0.25) is 0 Å². The van der Waals surface area contributed by atoms with Gasteiger partial charge in [0.25, 0.3) is 0 Å². The molecule has 1 N–H and O–H groups in total. The van der Waals surface area contributed by atoms with Gasteiger partial charge >= 0.3 is 0 Å². The van der Waals surface area contributed by atoms with E-state index in [0.717, 1.165) is 11.1 Å². The van der Waals surface area contributed by atoms with Crippen LogP contribution in [0.1, 0.15) is 0 Å². The standard InChI is InChI=1S/C28H18O/c29-24-9-3-7-21(15-24)25-10-4-8-20-14-23-12-11-22-13-18-5-1-2-6-19(18)16-26(22)28(23)17-27(20)25/h1-17,29H. The first-order valence-corrected chi connectivity index (χ1v) is 9.84. The third-order valence-electron chi connectivity index (χ3n) is 5.86. The van der Waals surface area contributed by atoms with Gasteiger partial charge in [0.1, 0.15) is 5.75 Å². The number of aromatic hydroxyl groups is 1. The Morgan fingerprint density at radius 1 is 0.414 bits per heavy atom. The van der Waals surface area contributed by atoms with Crippen molar-refractivity contribution < 1.29 is 5.11 Å². The quantitative estimate of drug-likeness (QED) is 0.232. The van der Waals surface area contributed by atoms with Crippen molar-refractivity contribution in [3.8, 4) is 16.9 Å². The zero-order valence-corrected chi connectivity index (χ0v) is 15.8. The third-order valence-corrected chi connectivity index (χ3v) is 5.86. The van der Waals surface area contributed by atoms with E-state index in [0.29, 0.717) is 0 Å². The molecule has 0 spiro atoms. The highest BCUT2D eigenvalue weighted by Gasteiger charge is 2.09. The second-order valence-electron chi connectivity index (χ2n) is 7.64. The van der Waals surface area contributed by atoms with Gasteiger partial charge in [0, 0.05) is 0 Å². The number of rotatable bonds is 1. The van der Waals surface area contributed by atoms with Gasteiger partial charge in [-0.25, -0.2) is 0 Å². The summed E-state index contributed by atoms with van der Waals surface area (Å²) in [7, 11) is 0. The first-order chi connectivity index (χ1) is 14.3. The summed E-state index contributed by atoms with van der Waals surface area (Å²) in [6.45, 7) is 0. The Morgan fingerprint density at radius 2 is 1.03 bits per heavy atom. The van der Waals surface area contributed by atoms with Crippen LogP contribution < -0.4 is 0 Å². The summed E-state index contributed by atoms with van der Waals surface area (Å²) in [5, 5.41) is 19.9. The second kappa shape index (κ2) is 6.08. The lowest BCUT2D eigenvalue weighted by Crippen LogP contribution is -1.84. The lowest BCUT2D eigenvalue weighted by molar-refractivity contribution is 0.475. The van der Waals surface area contributed by atoms with Crippen molar-refractivity contribution in [2.75, 3.05) is 0 Å². The van der Waals surface area contributed by atoms with Crippen LogP contribution in [0.15, 0.2) is 103 Å². The van der Waals surface area contributed by atoms with Gasteiger partial charge in [0.05, 0.1) is 0 Å². The Kier molecular flexibility index (Phi) is 3.39. The number of fused-ring (bicyclic) bond motifs is 5. The molecule has 0 saturated heterocycles. The molecule has 136 valence electrons. The molecule has 1 nitrogen and oxygen atoms in total. The Morgan fingerprint density at radius 3 is 1.83 bits per heavy atom. The van der Waals surface area contributed by atoms with Gasteiger partial charge in [-0.1, -0.05) is 66.7 Å². The fourth-order valence-corrected chi connectivity index (χ4v) is 4.45. The van der Waals surface area contributed by atoms with Gasteiger partial charge < -0.3 is 5.11 Å². The first-order valence-electron chi connectivity index (χ1n) is 9.84. The normalized spacial score (nSPS) is 11.6. The summed E-state index contributed by atoms with van der Waals surface area (Å²) in [5.74, 6) is 0.289. The lowest BCUT2D eigenvalue weighted by Gasteiger charge is -2.11. The predicted octanol–water partition coefficient (Wildman–Crippen LogP) is 7.67. The maximum Gasteiger partial charge on any atom is 0.116 e. The molecule has 0 aliphatic rings. The van der Waals surface area contributed by atoms with Crippen molar-refractivity contribution in [2.24, 2.45) is 0 Å². The summed E-state index contributed by atoms with van der Waals surface area (Å²) in [6, 6.07) is 36.0. The first kappa shape index (κ1) is 16.1. The second-order valence-corrected chi connectivity index (χ2v) is 7.64. The molecular weight excluding hydrogens is 352 g/mol. The van der Waals surface area contributed by atoms with E-state index in [2.05, 4.69) is 84.9 Å². The minimum Gasteiger partial charge on any atom is -0.508 e. The summed E-state index contributed by atoms with van der Waals surface area (Å²) in [6.07, 6.45) is 0. The van der Waals surface area contributed by atoms with E-state index in [-0.39, 0.29) is 5.75 Å². The van der Waals surface area contributed by atoms with E-state index in [1.54, 1.807) is 6.07 Å². The Bertz CT molecular complexity index is 1560. The molecule has 0 aromatic heterocycles. The predicted molar refractivity (Wildman–Crippen MR) is 124 cm³/mol. The maximum atomic E-state index is 9.96. The van der Waals surface area contributed by atoms with Crippen molar-refractivity contribution in [1.29, 1.82) is 0 Å². The lowest BCUT2D eigenvalue weighted by atomic mass is 9.92. The van der Waals surface area contributed by atoms with Crippen LogP contribution in [0, 0.1) is 0 Å². The fraction of sp³-hybridized carbons (Fsp3) is 0. The SMILES string of the molecule is Oc1cccc(-c2cccc3cc4ccc5cc6ccccc6cc5c4cc23)c1. The van der Waals surface area contributed by atoms with Crippen molar-refractivity contribution in [1.82, 2.24) is 0 Å². The van der Waals surface area contributed by atoms with Crippen LogP contribution in [0.5, 0.6) is 5.75 Å². The Balaban J connectivity index is 1.73. The smallest absolute Gasteiger partial charge is 0.116 e. The highest BCUT2D eigenvalue weighted by atomic mass is 16.3. The summed E-state index contributed by atoms with van der Waals surface area (Å²) in [4.78, 5) is 0. The van der Waals surface area contributed by atoms with E-state index >= 15 is 0 Å². The average molecular weight is 370 g/mol. The topological polar surface area (TPSA) is 20.2 Å². The molecule has 0 bridgehead atoms. The average Bonchev–Trinajstić information content (AvgIpc) is 2.76. The van der Waals surface area contributed by atoms with Crippen LogP contribution in [0.25, 0.3) is 54.2 Å². The molecule has 0 heterocycles. The van der Waals surface area contributed by atoms with Gasteiger partial charge in [0.2, 0.25) is 0 Å². The molecule has 0 unspecified atom stereocenters. The molecule has 6 aromatic rings. The molecule has 6 rings (SSSR count). The molecule has 0 fully saturated rings. The summed E-state index contributed by atoms with van der Waals surface area (Å²) < 4.78 is 0. The number of phenolic OH excluding ortho intramolecular Hbond substituents is 1. The number of phenols is 1. The largest absolute Gasteiger partial charge is 0.508 e. The van der Waals surface area contributed by atoms with Gasteiger partial charge in [-0.15, -0.1) is 0 Å². The minimum atomic E-state index is 0.289. The van der Waals surface area contributed by atoms with Crippen molar-refractivity contribution in [3.05, 3.63) is 103 Å². The molecule has 0 saturated carbocycles. The van der Waals surface area contributed by atoms with Crippen LogP contribution >= 0.6 is 0 Å². The van der Waals surface area contributed by atoms with Crippen LogP contribution in [0.3, 0.4) is 0 Å². The molecule has 0 amide bonds. The number of hydrogen-bond donors (Lipinski definition) is 1. The molecule has 0 atom stereocenters. The van der Waals surface area contributed by atoms with Crippen LogP contribution in [-0.4, -0.2) is 5.11 Å². The fourth-order valence-electron chi connectivity index (χ4n) is 4.45. The van der Waals surface area contributed by atoms with Crippen molar-refractivity contribution >= 4 is 43.1 Å². The van der Waals surface area contributed by atoms with E-state index in [9.17, 15) is 5.11 Å². The van der Waals surface area contributed by atoms with E-state index in [1.165, 1.54) is 43.1 Å². The van der Waals surface area contributed by atoms with Gasteiger partial charge in [0.15, 0.2) is 0 Å². The molecular formula is C28H18O. The monoisotopic (exact) mass is 370 g/mol. The zero-order chi connectivity index (χ0) is 19.4. The molecule has 0 aliphatic carbocycles. The summed E-state index contributed by atoms with van der Waals surface area (Å²) in [5.41, 5.74) is 2.17. The number of hydrogen-bond acceptors (Lipinski definition) is 1. The highest BCUT2D eigenvalue weighted by Crippen LogP contribution is 2.36. The third kappa shape index (κ3) is 2.55. The van der Waals surface area contributed by atoms with Gasteiger partial charge in [-0.3, -0.25) is 0 Å². The van der Waals surface area contributed by atoms with Crippen LogP contribution in [-0.2, 0) is 0 Å². The molecule has 29 heavy (non-hydrogen) atoms. The Labute approximate surface area is 168 Å². The minimum absolute atomic E-state index is 0.289. The van der Waals surface area contributed by atoms with E-state index in [1.807, 2.05) is 12.1 Å². The molecule has 1 heteroatoms. The number of benzene rings is 6. The van der Waals surface area contributed by atoms with E-state index < -0.39 is 0 Å². The van der Waals surface area contributed by atoms with Crippen LogP contribution in [0.4, 0.5) is 0 Å². The summed E-state index contributed by atoms with van der Waals surface area (Å²) >= 11 is 0. The van der Waals surface area contributed by atoms with Gasteiger partial charge in [-0.2, -0.15) is 0 Å². The van der Waals surface area contributed by atoms with Crippen molar-refractivity contribution in [2.45, 2.75) is 0 Å². The van der Waals surface area contributed by atoms with Gasteiger partial charge in [-0.05, 0) is 90.6 Å². The molecule has 0 aliphatic heterocycles. The van der Waals surface area contributed by atoms with E-state index in [4.69, 9.17) is 0 Å². The maximum absolute atomic E-state index is 9.96. The Hall–Kier alpha value is -3.84. The molecule has 0 radical (unpaired) electrons. The highest BCUT2D eigenvalue weighted by molar-refractivity contribution is 6.16. The molecule has 6 aromatic carbocycles. The van der Waals surface area contributed by atoms with Crippen molar-refractivity contribution in [3.63, 3.8) is 0 Å².